The van der Waals surface area contributed by atoms with Crippen molar-refractivity contribution in [2.24, 2.45) is 17.8 Å². The first-order chi connectivity index (χ1) is 50.2. The zero-order valence-corrected chi connectivity index (χ0v) is 65.3. The van der Waals surface area contributed by atoms with Crippen LogP contribution in [-0.2, 0) is 102 Å². The Morgan fingerprint density at radius 1 is 0.286 bits per heavy atom. The number of hydrogen-bond acceptors (Lipinski definition) is 20. The summed E-state index contributed by atoms with van der Waals surface area (Å²) in [4.78, 5) is 194. The maximum Gasteiger partial charge on any atom is 0.305 e. The van der Waals surface area contributed by atoms with E-state index in [0.29, 0.717) is 89.2 Å². The van der Waals surface area contributed by atoms with Gasteiger partial charge in [0.2, 0.25) is 47.3 Å². The summed E-state index contributed by atoms with van der Waals surface area (Å²) in [5.41, 5.74) is 0.694. The van der Waals surface area contributed by atoms with Gasteiger partial charge in [-0.25, -0.2) is 0 Å². The molecule has 4 N–H and O–H groups in total. The molecule has 0 saturated carbocycles. The molecule has 0 aliphatic carbocycles. The Hall–Kier alpha value is -8.20. The predicted molar refractivity (Wildman–Crippen MR) is 395 cm³/mol. The third-order valence-electron chi connectivity index (χ3n) is 17.8. The van der Waals surface area contributed by atoms with Crippen molar-refractivity contribution in [2.45, 2.75) is 258 Å². The van der Waals surface area contributed by atoms with E-state index >= 15 is 9.59 Å². The Morgan fingerprint density at radius 3 is 0.867 bits per heavy atom. The summed E-state index contributed by atoms with van der Waals surface area (Å²) in [7, 11) is 7.75. The Morgan fingerprint density at radius 2 is 0.543 bits per heavy atom. The van der Waals surface area contributed by atoms with Crippen LogP contribution in [0.3, 0.4) is 0 Å². The largest absolute Gasteiger partial charge is 0.469 e. The number of unbranched alkanes of at least 4 members (excludes halogenated alkanes) is 8. The Balaban J connectivity index is 3.88. The van der Waals surface area contributed by atoms with Crippen molar-refractivity contribution >= 4 is 83.1 Å². The fraction of sp³-hybridized carbons (Fsp3) is 0.740. The number of carbonyl (C=O) groups is 14. The minimum atomic E-state index is -1.20. The molecule has 28 heteroatoms. The number of ether oxygens (including phenoxy) is 6. The van der Waals surface area contributed by atoms with Gasteiger partial charge in [-0.2, -0.15) is 0 Å². The molecule has 0 heterocycles. The molecule has 0 aliphatic rings. The Labute approximate surface area is 624 Å². The molecule has 1 aromatic carbocycles. The van der Waals surface area contributed by atoms with Crippen LogP contribution in [0.2, 0.25) is 0 Å². The number of methoxy groups -OCH3 is 6. The van der Waals surface area contributed by atoms with Crippen molar-refractivity contribution < 1.29 is 95.5 Å². The molecular formula is C77H128N8O20. The highest BCUT2D eigenvalue weighted by Crippen LogP contribution is 2.22. The standard InChI is InChI=1S/C77H128N8O20/c1-56(2)52-60(74(96)78-44-24-14-21-37-68(90)100-7)83(49-29-40-71(93)103-10)64(86)34-20-17-27-48-82(65(87)35-28-36-66(88)84(50-30-41-72(94)104-11)61(53-57(3)4)75(97)79-45-25-15-22-38-69(91)101-8)63(55-59-32-18-13-19-33-59)77(99)81-47-43-67(89)85(51-31-42-73(95)105-12)62(54-58(5)6)76(98)80-46-26-16-23-39-70(92)102-9/h13,18-19,32-33,56-58,60-63H,14-17,20-31,34-55H2,1-12H3,(H,78,96)(H,79,97)(H,80,98)(H,81,99). The van der Waals surface area contributed by atoms with Gasteiger partial charge in [0.1, 0.15) is 24.2 Å². The van der Waals surface area contributed by atoms with E-state index in [9.17, 15) is 57.5 Å². The van der Waals surface area contributed by atoms with Crippen molar-refractivity contribution in [3.8, 4) is 0 Å². The van der Waals surface area contributed by atoms with Crippen LogP contribution in [0.5, 0.6) is 0 Å². The van der Waals surface area contributed by atoms with Crippen LogP contribution in [0.1, 0.15) is 233 Å². The van der Waals surface area contributed by atoms with Gasteiger partial charge in [0.25, 0.3) is 0 Å². The van der Waals surface area contributed by atoms with Gasteiger partial charge < -0.3 is 69.3 Å². The van der Waals surface area contributed by atoms with E-state index in [1.807, 2.05) is 59.7 Å². The first-order valence-electron chi connectivity index (χ1n) is 37.9. The van der Waals surface area contributed by atoms with Crippen molar-refractivity contribution in [1.82, 2.24) is 40.9 Å². The molecule has 0 aliphatic heterocycles. The third kappa shape index (κ3) is 42.5. The van der Waals surface area contributed by atoms with Crippen molar-refractivity contribution in [2.75, 3.05) is 95.0 Å². The number of nitrogens with one attached hydrogen (secondary N) is 4. The summed E-state index contributed by atoms with van der Waals surface area (Å²) in [5, 5.41) is 11.8. The van der Waals surface area contributed by atoms with Crippen LogP contribution in [0.4, 0.5) is 0 Å². The number of carbonyl (C=O) groups excluding carboxylic acids is 14. The second-order valence-electron chi connectivity index (χ2n) is 27.8. The number of amides is 8. The van der Waals surface area contributed by atoms with Crippen LogP contribution < -0.4 is 21.3 Å². The molecule has 0 aromatic heterocycles. The van der Waals surface area contributed by atoms with Gasteiger partial charge >= 0.3 is 35.8 Å². The first-order valence-corrected chi connectivity index (χ1v) is 37.9. The molecule has 105 heavy (non-hydrogen) atoms. The summed E-state index contributed by atoms with van der Waals surface area (Å²) in [6, 6.07) is 5.07. The van der Waals surface area contributed by atoms with E-state index in [2.05, 4.69) is 21.3 Å². The summed E-state index contributed by atoms with van der Waals surface area (Å²) < 4.78 is 28.9. The molecule has 0 bridgehead atoms. The number of nitrogens with zero attached hydrogens (tertiary/aromatic N) is 4. The van der Waals surface area contributed by atoms with Gasteiger partial charge in [0.15, 0.2) is 0 Å². The van der Waals surface area contributed by atoms with Crippen molar-refractivity contribution in [3.63, 3.8) is 0 Å². The quantitative estimate of drug-likeness (QED) is 0.0274. The fourth-order valence-corrected chi connectivity index (χ4v) is 12.1. The first kappa shape index (κ1) is 94.8. The third-order valence-corrected chi connectivity index (χ3v) is 17.8. The summed E-state index contributed by atoms with van der Waals surface area (Å²) in [6.45, 7) is 12.3. The van der Waals surface area contributed by atoms with E-state index in [4.69, 9.17) is 28.4 Å². The molecule has 0 spiro atoms. The predicted octanol–water partition coefficient (Wildman–Crippen LogP) is 7.80. The highest BCUT2D eigenvalue weighted by molar-refractivity contribution is 5.91. The summed E-state index contributed by atoms with van der Waals surface area (Å²) >= 11 is 0. The lowest BCUT2D eigenvalue weighted by Crippen LogP contribution is -2.53. The smallest absolute Gasteiger partial charge is 0.305 e. The maximum atomic E-state index is 15.2. The molecule has 0 radical (unpaired) electrons. The average Bonchev–Trinajstić information content (AvgIpc) is 0.856. The lowest BCUT2D eigenvalue weighted by Gasteiger charge is -2.33. The minimum absolute atomic E-state index is 0.00407. The number of esters is 6. The van der Waals surface area contributed by atoms with Gasteiger partial charge in [-0.15, -0.1) is 0 Å². The fourth-order valence-electron chi connectivity index (χ4n) is 12.1. The summed E-state index contributed by atoms with van der Waals surface area (Å²) in [6.07, 6.45) is 7.73. The van der Waals surface area contributed by atoms with Gasteiger partial charge in [0, 0.05) is 123 Å². The molecule has 4 unspecified atom stereocenters. The molecule has 0 saturated heterocycles. The molecule has 28 nitrogen and oxygen atoms in total. The van der Waals surface area contributed by atoms with Crippen LogP contribution in [-0.4, -0.2) is 222 Å². The second kappa shape index (κ2) is 57.1. The van der Waals surface area contributed by atoms with Gasteiger partial charge in [-0.3, -0.25) is 67.1 Å². The molecular weight excluding hydrogens is 1360 g/mol. The monoisotopic (exact) mass is 1480 g/mol. The van der Waals surface area contributed by atoms with E-state index in [-0.39, 0.29) is 209 Å². The topological polar surface area (TPSA) is 355 Å². The number of benzene rings is 1. The highest BCUT2D eigenvalue weighted by Gasteiger charge is 2.36. The number of rotatable bonds is 59. The zero-order valence-electron chi connectivity index (χ0n) is 65.3. The molecule has 1 rings (SSSR count). The normalized spacial score (nSPS) is 12.2. The Bertz CT molecular complexity index is 2790. The zero-order chi connectivity index (χ0) is 78.5. The maximum absolute atomic E-state index is 15.2. The number of hydrogen-bond donors (Lipinski definition) is 4. The molecule has 0 fully saturated rings. The van der Waals surface area contributed by atoms with E-state index in [1.165, 1.54) is 62.3 Å². The van der Waals surface area contributed by atoms with Crippen molar-refractivity contribution in [1.29, 1.82) is 0 Å². The van der Waals surface area contributed by atoms with Gasteiger partial charge in [-0.1, -0.05) is 97.6 Å². The minimum Gasteiger partial charge on any atom is -0.469 e. The summed E-state index contributed by atoms with van der Waals surface area (Å²) in [5.74, 6) is -6.04. The van der Waals surface area contributed by atoms with Crippen LogP contribution in [0.25, 0.3) is 0 Å². The molecule has 8 amide bonds. The Kier molecular flexibility index (Phi) is 51.6. The lowest BCUT2D eigenvalue weighted by atomic mass is 9.99. The lowest BCUT2D eigenvalue weighted by molar-refractivity contribution is -0.144. The van der Waals surface area contributed by atoms with E-state index in [0.717, 1.165) is 0 Å². The van der Waals surface area contributed by atoms with E-state index < -0.39 is 77.5 Å². The van der Waals surface area contributed by atoms with Crippen molar-refractivity contribution in [3.05, 3.63) is 35.9 Å². The second-order valence-corrected chi connectivity index (χ2v) is 27.8. The molecule has 4 atom stereocenters. The highest BCUT2D eigenvalue weighted by atomic mass is 16.5. The molecule has 596 valence electrons. The van der Waals surface area contributed by atoms with Gasteiger partial charge in [0.05, 0.1) is 42.7 Å². The van der Waals surface area contributed by atoms with Crippen LogP contribution in [0.15, 0.2) is 30.3 Å². The van der Waals surface area contributed by atoms with Gasteiger partial charge in [-0.05, 0) is 120 Å². The SMILES string of the molecule is COC(=O)CCCCCNC(=O)C(CC(C)C)N(CCCC(=O)OC)C(=O)CCCCCN(C(=O)CCCC(=O)N(CCCC(=O)OC)C(CC(C)C)C(=O)NCCCCCC(=O)OC)C(Cc1ccccc1)C(=O)NCCC(=O)N(CCCC(=O)OC)C(CC(C)C)C(=O)NCCCCCC(=O)OC. The van der Waals surface area contributed by atoms with Crippen LogP contribution in [0, 0.1) is 17.8 Å². The van der Waals surface area contributed by atoms with E-state index in [1.54, 1.807) is 12.1 Å². The van der Waals surface area contributed by atoms with Crippen LogP contribution >= 0.6 is 0 Å². The average molecular weight is 1490 g/mol. The molecule has 1 aromatic rings.